The number of benzene rings is 2. The molecule has 2 aromatic rings. The smallest absolute Gasteiger partial charge is 0.00403 e. The Morgan fingerprint density at radius 2 is 1.46 bits per heavy atom. The van der Waals surface area contributed by atoms with Gasteiger partial charge in [0.15, 0.2) is 0 Å². The lowest BCUT2D eigenvalue weighted by molar-refractivity contribution is 0.332. The van der Waals surface area contributed by atoms with E-state index in [9.17, 15) is 0 Å². The van der Waals surface area contributed by atoms with E-state index in [0.717, 1.165) is 4.90 Å². The minimum Gasteiger partial charge on any atom is -0.143 e. The van der Waals surface area contributed by atoms with E-state index in [1.165, 1.54) is 40.7 Å². The third-order valence-corrected chi connectivity index (χ3v) is 5.88. The van der Waals surface area contributed by atoms with Crippen LogP contribution in [0.25, 0.3) is 11.6 Å². The van der Waals surface area contributed by atoms with Gasteiger partial charge in [-0.1, -0.05) is 64.1 Å². The zero-order valence-electron chi connectivity index (χ0n) is 15.5. The number of fused-ring (bicyclic) bond motifs is 1. The van der Waals surface area contributed by atoms with Crippen LogP contribution < -0.4 is 0 Å². The average molecular weight is 337 g/mol. The maximum absolute atomic E-state index is 4.36. The van der Waals surface area contributed by atoms with E-state index in [1.54, 1.807) is 0 Å². The van der Waals surface area contributed by atoms with Gasteiger partial charge in [-0.25, -0.2) is 0 Å². The standard InChI is InChI=1S/C23H28S/c1-16(14-17-6-9-19(24)10-7-17)18-8-11-20-21(15-18)23(4,5)13-12-22(20,2)3/h6-11,14-15,24H,12-13H2,1-5H3. The van der Waals surface area contributed by atoms with Gasteiger partial charge in [0.05, 0.1) is 0 Å². The van der Waals surface area contributed by atoms with Gasteiger partial charge in [-0.15, -0.1) is 12.6 Å². The summed E-state index contributed by atoms with van der Waals surface area (Å²) in [6, 6.07) is 15.4. The molecule has 0 saturated heterocycles. The van der Waals surface area contributed by atoms with Crippen molar-refractivity contribution in [1.29, 1.82) is 0 Å². The summed E-state index contributed by atoms with van der Waals surface area (Å²) in [6.07, 6.45) is 4.77. The molecule has 2 aromatic carbocycles. The van der Waals surface area contributed by atoms with Crippen LogP contribution in [0, 0.1) is 0 Å². The van der Waals surface area contributed by atoms with Crippen molar-refractivity contribution in [3.05, 3.63) is 64.7 Å². The predicted molar refractivity (Wildman–Crippen MR) is 109 cm³/mol. The number of hydrogen-bond acceptors (Lipinski definition) is 1. The fourth-order valence-corrected chi connectivity index (χ4v) is 3.89. The van der Waals surface area contributed by atoms with Crippen LogP contribution in [0.2, 0.25) is 0 Å². The van der Waals surface area contributed by atoms with Crippen molar-refractivity contribution in [2.45, 2.75) is 63.2 Å². The lowest BCUT2D eigenvalue weighted by atomic mass is 9.63. The van der Waals surface area contributed by atoms with Gasteiger partial charge < -0.3 is 0 Å². The van der Waals surface area contributed by atoms with E-state index >= 15 is 0 Å². The van der Waals surface area contributed by atoms with Crippen LogP contribution in [0.4, 0.5) is 0 Å². The van der Waals surface area contributed by atoms with Gasteiger partial charge >= 0.3 is 0 Å². The first-order valence-electron chi connectivity index (χ1n) is 8.82. The Morgan fingerprint density at radius 3 is 2.08 bits per heavy atom. The third-order valence-electron chi connectivity index (χ3n) is 5.58. The van der Waals surface area contributed by atoms with Crippen molar-refractivity contribution in [2.75, 3.05) is 0 Å². The highest BCUT2D eigenvalue weighted by Gasteiger charge is 2.36. The highest BCUT2D eigenvalue weighted by atomic mass is 32.1. The molecular weight excluding hydrogens is 308 g/mol. The highest BCUT2D eigenvalue weighted by Crippen LogP contribution is 2.46. The topological polar surface area (TPSA) is 0 Å². The van der Waals surface area contributed by atoms with E-state index < -0.39 is 0 Å². The van der Waals surface area contributed by atoms with Crippen LogP contribution in [0.1, 0.15) is 69.7 Å². The van der Waals surface area contributed by atoms with Crippen molar-refractivity contribution in [3.8, 4) is 0 Å². The fraction of sp³-hybridized carbons (Fsp3) is 0.391. The lowest BCUT2D eigenvalue weighted by Gasteiger charge is -2.42. The molecule has 1 aliphatic carbocycles. The van der Waals surface area contributed by atoms with E-state index in [0.29, 0.717) is 0 Å². The Hall–Kier alpha value is -1.47. The second kappa shape index (κ2) is 6.11. The van der Waals surface area contributed by atoms with Crippen molar-refractivity contribution in [1.82, 2.24) is 0 Å². The first kappa shape index (κ1) is 17.4. The molecule has 0 fully saturated rings. The summed E-state index contributed by atoms with van der Waals surface area (Å²) in [5, 5.41) is 0. The molecule has 0 spiro atoms. The number of allylic oxidation sites excluding steroid dienone is 1. The van der Waals surface area contributed by atoms with Gasteiger partial charge in [0, 0.05) is 4.90 Å². The van der Waals surface area contributed by atoms with Gasteiger partial charge in [0.25, 0.3) is 0 Å². The van der Waals surface area contributed by atoms with Crippen LogP contribution in [-0.4, -0.2) is 0 Å². The molecule has 1 aliphatic rings. The van der Waals surface area contributed by atoms with Crippen LogP contribution in [-0.2, 0) is 10.8 Å². The molecule has 0 unspecified atom stereocenters. The molecule has 0 heterocycles. The quantitative estimate of drug-likeness (QED) is 0.448. The van der Waals surface area contributed by atoms with Crippen molar-refractivity contribution >= 4 is 24.3 Å². The summed E-state index contributed by atoms with van der Waals surface area (Å²) >= 11 is 4.36. The second-order valence-corrected chi connectivity index (χ2v) is 8.96. The molecule has 0 aliphatic heterocycles. The monoisotopic (exact) mass is 336 g/mol. The number of thiol groups is 1. The zero-order chi connectivity index (χ0) is 17.5. The molecular formula is C23H28S. The third kappa shape index (κ3) is 3.32. The maximum Gasteiger partial charge on any atom is 0.00403 e. The van der Waals surface area contributed by atoms with Crippen LogP contribution >= 0.6 is 12.6 Å². The van der Waals surface area contributed by atoms with E-state index in [-0.39, 0.29) is 10.8 Å². The average Bonchev–Trinajstić information content (AvgIpc) is 2.54. The summed E-state index contributed by atoms with van der Waals surface area (Å²) in [4.78, 5) is 1.00. The number of hydrogen-bond donors (Lipinski definition) is 1. The van der Waals surface area contributed by atoms with Crippen molar-refractivity contribution < 1.29 is 0 Å². The first-order chi connectivity index (χ1) is 11.2. The molecule has 0 radical (unpaired) electrons. The Bertz CT molecular complexity index is 776. The molecule has 1 heteroatoms. The van der Waals surface area contributed by atoms with E-state index in [4.69, 9.17) is 0 Å². The molecule has 0 N–H and O–H groups in total. The van der Waals surface area contributed by atoms with Gasteiger partial charge in [0.1, 0.15) is 0 Å². The molecule has 0 aromatic heterocycles. The molecule has 126 valence electrons. The largest absolute Gasteiger partial charge is 0.143 e. The molecule has 0 saturated carbocycles. The normalized spacial score (nSPS) is 19.0. The van der Waals surface area contributed by atoms with Crippen LogP contribution in [0.3, 0.4) is 0 Å². The molecule has 0 atom stereocenters. The molecule has 24 heavy (non-hydrogen) atoms. The van der Waals surface area contributed by atoms with Crippen molar-refractivity contribution in [2.24, 2.45) is 0 Å². The summed E-state index contributed by atoms with van der Waals surface area (Å²) < 4.78 is 0. The Labute approximate surface area is 152 Å². The minimum absolute atomic E-state index is 0.259. The Kier molecular flexibility index (Phi) is 4.42. The molecule has 0 nitrogen and oxygen atoms in total. The fourth-order valence-electron chi connectivity index (χ4n) is 3.74. The Balaban J connectivity index is 2.03. The number of rotatable bonds is 2. The van der Waals surface area contributed by atoms with E-state index in [1.807, 2.05) is 12.1 Å². The van der Waals surface area contributed by atoms with Gasteiger partial charge in [-0.05, 0) is 70.6 Å². The highest BCUT2D eigenvalue weighted by molar-refractivity contribution is 7.80. The summed E-state index contributed by atoms with van der Waals surface area (Å²) in [7, 11) is 0. The first-order valence-corrected chi connectivity index (χ1v) is 9.26. The SMILES string of the molecule is CC(=Cc1ccc(S)cc1)c1ccc2c(c1)C(C)(C)CCC2(C)C. The van der Waals surface area contributed by atoms with Gasteiger partial charge in [-0.2, -0.15) is 0 Å². The minimum atomic E-state index is 0.259. The van der Waals surface area contributed by atoms with Crippen LogP contribution in [0.5, 0.6) is 0 Å². The summed E-state index contributed by atoms with van der Waals surface area (Å²) in [5.74, 6) is 0. The molecule has 3 rings (SSSR count). The summed E-state index contributed by atoms with van der Waals surface area (Å²) in [6.45, 7) is 11.7. The van der Waals surface area contributed by atoms with Gasteiger partial charge in [-0.3, -0.25) is 0 Å². The maximum atomic E-state index is 4.36. The summed E-state index contributed by atoms with van der Waals surface area (Å²) in [5.41, 5.74) is 7.45. The predicted octanol–water partition coefficient (Wildman–Crippen LogP) is 6.88. The molecule has 0 amide bonds. The zero-order valence-corrected chi connectivity index (χ0v) is 16.4. The lowest BCUT2D eigenvalue weighted by Crippen LogP contribution is -2.33. The molecule has 0 bridgehead atoms. The van der Waals surface area contributed by atoms with Crippen molar-refractivity contribution in [3.63, 3.8) is 0 Å². The van der Waals surface area contributed by atoms with Crippen LogP contribution in [0.15, 0.2) is 47.4 Å². The van der Waals surface area contributed by atoms with Gasteiger partial charge in [0.2, 0.25) is 0 Å². The Morgan fingerprint density at radius 1 is 0.875 bits per heavy atom. The second-order valence-electron chi connectivity index (χ2n) is 8.45. The van der Waals surface area contributed by atoms with E-state index in [2.05, 4.69) is 83.7 Å².